The summed E-state index contributed by atoms with van der Waals surface area (Å²) in [6.07, 6.45) is 1.81. The van der Waals surface area contributed by atoms with Crippen LogP contribution in [0.25, 0.3) is 0 Å². The van der Waals surface area contributed by atoms with E-state index in [4.69, 9.17) is 5.11 Å². The van der Waals surface area contributed by atoms with Gasteiger partial charge in [-0.2, -0.15) is 0 Å². The van der Waals surface area contributed by atoms with Crippen LogP contribution in [0.15, 0.2) is 24.4 Å². The number of rotatable bonds is 4. The van der Waals surface area contributed by atoms with Gasteiger partial charge in [0.05, 0.1) is 12.1 Å². The number of aryl methyl sites for hydroxylation is 2. The van der Waals surface area contributed by atoms with Crippen molar-refractivity contribution >= 4 is 11.7 Å². The van der Waals surface area contributed by atoms with Gasteiger partial charge in [-0.15, -0.1) is 5.10 Å². The second-order valence-corrected chi connectivity index (χ2v) is 4.07. The maximum atomic E-state index is 10.9. The van der Waals surface area contributed by atoms with Crippen molar-refractivity contribution in [3.05, 3.63) is 41.2 Å². The molecule has 0 saturated carbocycles. The molecule has 0 bridgehead atoms. The lowest BCUT2D eigenvalue weighted by molar-refractivity contribution is 0.0697. The Morgan fingerprint density at radius 2 is 2.28 bits per heavy atom. The molecule has 0 aliphatic heterocycles. The van der Waals surface area contributed by atoms with Gasteiger partial charge in [0.2, 0.25) is 0 Å². The highest BCUT2D eigenvalue weighted by molar-refractivity contribution is 5.89. The fourth-order valence-electron chi connectivity index (χ4n) is 1.61. The molecule has 0 unspecified atom stereocenters. The van der Waals surface area contributed by atoms with Crippen LogP contribution in [0, 0.1) is 6.92 Å². The Kier molecular flexibility index (Phi) is 3.27. The largest absolute Gasteiger partial charge is 0.478 e. The first-order chi connectivity index (χ1) is 8.56. The van der Waals surface area contributed by atoms with Crippen LogP contribution >= 0.6 is 0 Å². The molecule has 0 radical (unpaired) electrons. The Labute approximate surface area is 104 Å². The van der Waals surface area contributed by atoms with Gasteiger partial charge in [-0.1, -0.05) is 11.3 Å². The zero-order chi connectivity index (χ0) is 13.1. The number of benzene rings is 1. The quantitative estimate of drug-likeness (QED) is 0.853. The van der Waals surface area contributed by atoms with Gasteiger partial charge < -0.3 is 10.4 Å². The summed E-state index contributed by atoms with van der Waals surface area (Å²) in [6, 6.07) is 4.99. The Balaban J connectivity index is 2.13. The lowest BCUT2D eigenvalue weighted by Gasteiger charge is -2.08. The molecule has 0 aliphatic carbocycles. The van der Waals surface area contributed by atoms with Crippen molar-refractivity contribution < 1.29 is 9.90 Å². The summed E-state index contributed by atoms with van der Waals surface area (Å²) in [5.41, 5.74) is 2.85. The molecule has 2 rings (SSSR count). The first kappa shape index (κ1) is 12.1. The molecule has 0 amide bonds. The summed E-state index contributed by atoms with van der Waals surface area (Å²) in [5, 5.41) is 19.9. The molecular formula is C12H14N4O2. The van der Waals surface area contributed by atoms with E-state index in [2.05, 4.69) is 15.6 Å². The van der Waals surface area contributed by atoms with Gasteiger partial charge in [0.1, 0.15) is 5.69 Å². The second-order valence-electron chi connectivity index (χ2n) is 4.07. The zero-order valence-electron chi connectivity index (χ0n) is 10.2. The number of nitrogens with zero attached hydrogens (tertiary/aromatic N) is 3. The molecule has 1 heterocycles. The minimum absolute atomic E-state index is 0.266. The Morgan fingerprint density at radius 1 is 1.50 bits per heavy atom. The molecule has 0 saturated heterocycles. The second kappa shape index (κ2) is 4.87. The van der Waals surface area contributed by atoms with Crippen LogP contribution in [0.5, 0.6) is 0 Å². The fraction of sp³-hybridized carbons (Fsp3) is 0.250. The normalized spacial score (nSPS) is 10.3. The summed E-state index contributed by atoms with van der Waals surface area (Å²) in [4.78, 5) is 10.9. The van der Waals surface area contributed by atoms with E-state index in [0.29, 0.717) is 6.54 Å². The molecule has 94 valence electrons. The minimum Gasteiger partial charge on any atom is -0.478 e. The van der Waals surface area contributed by atoms with Crippen molar-refractivity contribution in [2.24, 2.45) is 7.05 Å². The SMILES string of the molecule is Cc1ccc(C(=O)O)cc1NCc1cn(C)nn1. The number of aromatic carboxylic acids is 1. The first-order valence-corrected chi connectivity index (χ1v) is 5.49. The molecule has 0 spiro atoms. The van der Waals surface area contributed by atoms with Crippen molar-refractivity contribution in [2.45, 2.75) is 13.5 Å². The Morgan fingerprint density at radius 3 is 2.89 bits per heavy atom. The predicted molar refractivity (Wildman–Crippen MR) is 66.5 cm³/mol. The van der Waals surface area contributed by atoms with Gasteiger partial charge >= 0.3 is 5.97 Å². The highest BCUT2D eigenvalue weighted by atomic mass is 16.4. The van der Waals surface area contributed by atoms with E-state index in [-0.39, 0.29) is 5.56 Å². The van der Waals surface area contributed by atoms with Crippen LogP contribution in [-0.2, 0) is 13.6 Å². The summed E-state index contributed by atoms with van der Waals surface area (Å²) in [7, 11) is 1.80. The Bertz CT molecular complexity index is 577. The summed E-state index contributed by atoms with van der Waals surface area (Å²) < 4.78 is 1.62. The standard InChI is InChI=1S/C12H14N4O2/c1-8-3-4-9(12(17)18)5-11(8)13-6-10-7-16(2)15-14-10/h3-5,7,13H,6H2,1-2H3,(H,17,18). The minimum atomic E-state index is -0.933. The topological polar surface area (TPSA) is 80.0 Å². The van der Waals surface area contributed by atoms with Crippen LogP contribution in [0.4, 0.5) is 5.69 Å². The van der Waals surface area contributed by atoms with Crippen molar-refractivity contribution in [2.75, 3.05) is 5.32 Å². The van der Waals surface area contributed by atoms with Crippen LogP contribution in [0.2, 0.25) is 0 Å². The number of aromatic nitrogens is 3. The van der Waals surface area contributed by atoms with Gasteiger partial charge in [0.15, 0.2) is 0 Å². The molecule has 0 aliphatic rings. The molecule has 2 aromatic rings. The van der Waals surface area contributed by atoms with E-state index >= 15 is 0 Å². The fourth-order valence-corrected chi connectivity index (χ4v) is 1.61. The molecule has 0 fully saturated rings. The van der Waals surface area contributed by atoms with Crippen molar-refractivity contribution in [1.29, 1.82) is 0 Å². The van der Waals surface area contributed by atoms with Crippen molar-refractivity contribution in [3.8, 4) is 0 Å². The molecule has 1 aromatic carbocycles. The predicted octanol–water partition coefficient (Wildman–Crippen LogP) is 1.43. The third-order valence-corrected chi connectivity index (χ3v) is 2.59. The van der Waals surface area contributed by atoms with Gasteiger partial charge in [0.25, 0.3) is 0 Å². The lowest BCUT2D eigenvalue weighted by Crippen LogP contribution is -2.04. The van der Waals surface area contributed by atoms with E-state index < -0.39 is 5.97 Å². The van der Waals surface area contributed by atoms with E-state index in [0.717, 1.165) is 16.9 Å². The van der Waals surface area contributed by atoms with E-state index in [1.807, 2.05) is 13.1 Å². The van der Waals surface area contributed by atoms with E-state index in [9.17, 15) is 4.79 Å². The number of anilines is 1. The number of hydrogen-bond donors (Lipinski definition) is 2. The number of carboxylic acid groups (broad SMARTS) is 1. The molecule has 18 heavy (non-hydrogen) atoms. The van der Waals surface area contributed by atoms with Gasteiger partial charge in [-0.05, 0) is 24.6 Å². The average molecular weight is 246 g/mol. The summed E-state index contributed by atoms with van der Waals surface area (Å²) in [6.45, 7) is 2.43. The van der Waals surface area contributed by atoms with Crippen LogP contribution in [0.3, 0.4) is 0 Å². The molecule has 6 nitrogen and oxygen atoms in total. The summed E-state index contributed by atoms with van der Waals surface area (Å²) in [5.74, 6) is -0.933. The van der Waals surface area contributed by atoms with Crippen LogP contribution in [0.1, 0.15) is 21.6 Å². The third-order valence-electron chi connectivity index (χ3n) is 2.59. The van der Waals surface area contributed by atoms with Crippen molar-refractivity contribution in [1.82, 2.24) is 15.0 Å². The van der Waals surface area contributed by atoms with Crippen LogP contribution in [-0.4, -0.2) is 26.1 Å². The first-order valence-electron chi connectivity index (χ1n) is 5.49. The summed E-state index contributed by atoms with van der Waals surface area (Å²) >= 11 is 0. The molecule has 6 heteroatoms. The van der Waals surface area contributed by atoms with Gasteiger partial charge in [0, 0.05) is 18.9 Å². The Hall–Kier alpha value is -2.37. The number of carboxylic acids is 1. The van der Waals surface area contributed by atoms with Gasteiger partial charge in [-0.25, -0.2) is 4.79 Å². The lowest BCUT2D eigenvalue weighted by atomic mass is 10.1. The highest BCUT2D eigenvalue weighted by Gasteiger charge is 2.06. The highest BCUT2D eigenvalue weighted by Crippen LogP contribution is 2.17. The zero-order valence-corrected chi connectivity index (χ0v) is 10.2. The average Bonchev–Trinajstić information content (AvgIpc) is 2.74. The van der Waals surface area contributed by atoms with E-state index in [1.54, 1.807) is 29.9 Å². The monoisotopic (exact) mass is 246 g/mol. The maximum Gasteiger partial charge on any atom is 0.335 e. The molecule has 1 aromatic heterocycles. The van der Waals surface area contributed by atoms with Crippen LogP contribution < -0.4 is 5.32 Å². The molecule has 0 atom stereocenters. The van der Waals surface area contributed by atoms with Gasteiger partial charge in [-0.3, -0.25) is 4.68 Å². The smallest absolute Gasteiger partial charge is 0.335 e. The number of carbonyl (C=O) groups is 1. The number of hydrogen-bond acceptors (Lipinski definition) is 4. The molecule has 2 N–H and O–H groups in total. The van der Waals surface area contributed by atoms with Crippen molar-refractivity contribution in [3.63, 3.8) is 0 Å². The third kappa shape index (κ3) is 2.65. The molecular weight excluding hydrogens is 232 g/mol. The maximum absolute atomic E-state index is 10.9. The number of nitrogens with one attached hydrogen (secondary N) is 1. The van der Waals surface area contributed by atoms with E-state index in [1.165, 1.54) is 0 Å².